The molecule has 0 bridgehead atoms. The number of rotatable bonds is 3. The molecule has 0 radical (unpaired) electrons. The van der Waals surface area contributed by atoms with E-state index >= 15 is 0 Å². The Labute approximate surface area is 158 Å². The van der Waals surface area contributed by atoms with Gasteiger partial charge in [-0.1, -0.05) is 26.0 Å². The van der Waals surface area contributed by atoms with Crippen molar-refractivity contribution in [3.05, 3.63) is 58.4 Å². The lowest BCUT2D eigenvalue weighted by Crippen LogP contribution is -2.52. The average molecular weight is 365 g/mol. The third-order valence-electron chi connectivity index (χ3n) is 4.89. The molecule has 6 heteroatoms. The summed E-state index contributed by atoms with van der Waals surface area (Å²) >= 11 is 0. The molecule has 6 nitrogen and oxygen atoms in total. The van der Waals surface area contributed by atoms with Crippen molar-refractivity contribution in [2.75, 3.05) is 7.05 Å². The van der Waals surface area contributed by atoms with Crippen molar-refractivity contribution in [3.63, 3.8) is 0 Å². The number of amides is 4. The number of hydrogen-bond acceptors (Lipinski definition) is 3. The first-order chi connectivity index (χ1) is 12.7. The summed E-state index contributed by atoms with van der Waals surface area (Å²) < 4.78 is 2.08. The second-order valence-corrected chi connectivity index (χ2v) is 7.09. The number of barbiturate groups is 1. The van der Waals surface area contributed by atoms with E-state index in [9.17, 15) is 14.4 Å². The number of hydrogen-bond donors (Lipinski definition) is 1. The number of nitrogens with zero attached hydrogens (tertiary/aromatic N) is 2. The predicted octanol–water partition coefficient (Wildman–Crippen LogP) is 3.31. The van der Waals surface area contributed by atoms with Crippen LogP contribution >= 0.6 is 0 Å². The summed E-state index contributed by atoms with van der Waals surface area (Å²) in [5.74, 6) is -0.814. The maximum atomic E-state index is 12.3. The van der Waals surface area contributed by atoms with E-state index in [0.717, 1.165) is 27.5 Å². The van der Waals surface area contributed by atoms with Crippen LogP contribution in [0.15, 0.2) is 35.9 Å². The Balaban J connectivity index is 2.02. The molecule has 1 aromatic heterocycles. The van der Waals surface area contributed by atoms with Crippen LogP contribution < -0.4 is 5.32 Å². The van der Waals surface area contributed by atoms with E-state index in [4.69, 9.17) is 0 Å². The Morgan fingerprint density at radius 1 is 1.04 bits per heavy atom. The molecule has 1 N–H and O–H groups in total. The van der Waals surface area contributed by atoms with Crippen molar-refractivity contribution < 1.29 is 14.4 Å². The maximum Gasteiger partial charge on any atom is 0.331 e. The smallest absolute Gasteiger partial charge is 0.318 e. The molecule has 4 amide bonds. The molecular formula is C21H23N3O3. The predicted molar refractivity (Wildman–Crippen MR) is 104 cm³/mol. The lowest BCUT2D eigenvalue weighted by atomic mass is 10.0. The highest BCUT2D eigenvalue weighted by atomic mass is 16.2. The van der Waals surface area contributed by atoms with Crippen molar-refractivity contribution in [2.24, 2.45) is 0 Å². The number of likely N-dealkylation sites (N-methyl/N-ethyl adjacent to an activating group) is 1. The molecular weight excluding hydrogens is 342 g/mol. The molecule has 1 fully saturated rings. The highest BCUT2D eigenvalue weighted by Crippen LogP contribution is 2.25. The lowest BCUT2D eigenvalue weighted by Gasteiger charge is -2.22. The first-order valence-corrected chi connectivity index (χ1v) is 8.85. The van der Waals surface area contributed by atoms with Gasteiger partial charge < -0.3 is 4.57 Å². The molecule has 0 atom stereocenters. The van der Waals surface area contributed by atoms with Crippen molar-refractivity contribution in [1.29, 1.82) is 0 Å². The molecule has 1 saturated heterocycles. The van der Waals surface area contributed by atoms with Crippen LogP contribution in [0, 0.1) is 13.8 Å². The summed E-state index contributed by atoms with van der Waals surface area (Å²) in [5.41, 5.74) is 4.91. The number of urea groups is 1. The molecule has 1 aliphatic rings. The molecule has 3 rings (SSSR count). The maximum absolute atomic E-state index is 12.3. The second kappa shape index (κ2) is 6.87. The summed E-state index contributed by atoms with van der Waals surface area (Å²) in [5, 5.41) is 2.17. The Bertz CT molecular complexity index is 965. The van der Waals surface area contributed by atoms with E-state index < -0.39 is 17.8 Å². The van der Waals surface area contributed by atoms with Gasteiger partial charge in [0.2, 0.25) is 0 Å². The van der Waals surface area contributed by atoms with Crippen LogP contribution in [0.25, 0.3) is 11.8 Å². The fraction of sp³-hybridized carbons (Fsp3) is 0.286. The molecule has 140 valence electrons. The van der Waals surface area contributed by atoms with Crippen LogP contribution in [-0.4, -0.2) is 34.4 Å². The van der Waals surface area contributed by atoms with E-state index in [1.165, 1.54) is 12.6 Å². The Morgan fingerprint density at radius 2 is 1.67 bits per heavy atom. The number of carbonyl (C=O) groups is 3. The van der Waals surface area contributed by atoms with Crippen molar-refractivity contribution >= 4 is 23.9 Å². The van der Waals surface area contributed by atoms with Gasteiger partial charge in [-0.15, -0.1) is 0 Å². The normalized spacial score (nSPS) is 16.4. The van der Waals surface area contributed by atoms with Crippen molar-refractivity contribution in [1.82, 2.24) is 14.8 Å². The first kappa shape index (κ1) is 18.6. The molecule has 2 heterocycles. The van der Waals surface area contributed by atoms with E-state index in [2.05, 4.69) is 48.0 Å². The molecule has 0 unspecified atom stereocenters. The first-order valence-electron chi connectivity index (χ1n) is 8.85. The molecule has 27 heavy (non-hydrogen) atoms. The summed E-state index contributed by atoms with van der Waals surface area (Å²) in [6, 6.07) is 9.56. The number of aromatic nitrogens is 1. The third-order valence-corrected chi connectivity index (χ3v) is 4.89. The Morgan fingerprint density at radius 3 is 2.26 bits per heavy atom. The van der Waals surface area contributed by atoms with E-state index in [0.29, 0.717) is 5.92 Å². The van der Waals surface area contributed by atoms with Gasteiger partial charge >= 0.3 is 6.03 Å². The highest BCUT2D eigenvalue weighted by molar-refractivity contribution is 6.30. The zero-order valence-electron chi connectivity index (χ0n) is 16.2. The summed E-state index contributed by atoms with van der Waals surface area (Å²) in [6.07, 6.45) is 1.54. The van der Waals surface area contributed by atoms with Gasteiger partial charge in [-0.2, -0.15) is 0 Å². The second-order valence-electron chi connectivity index (χ2n) is 7.09. The minimum absolute atomic E-state index is 0.0486. The molecule has 1 aromatic carbocycles. The van der Waals surface area contributed by atoms with Crippen LogP contribution in [0.3, 0.4) is 0 Å². The standard InChI is InChI=1S/C21H23N3O3/c1-12(2)15-6-8-17(9-7-15)24-13(3)10-16(14(24)4)11-18-19(25)22-21(27)23(5)20(18)26/h6-12H,1-5H3,(H,22,25,27)/b18-11-. The molecule has 2 aromatic rings. The fourth-order valence-corrected chi connectivity index (χ4v) is 3.24. The number of benzene rings is 1. The zero-order valence-corrected chi connectivity index (χ0v) is 16.2. The molecule has 0 spiro atoms. The van der Waals surface area contributed by atoms with Gasteiger partial charge in [-0.25, -0.2) is 4.79 Å². The van der Waals surface area contributed by atoms with E-state index in [1.54, 1.807) is 6.08 Å². The van der Waals surface area contributed by atoms with Crippen molar-refractivity contribution in [2.45, 2.75) is 33.6 Å². The van der Waals surface area contributed by atoms with Crippen LogP contribution in [0.4, 0.5) is 4.79 Å². The number of imide groups is 2. The van der Waals surface area contributed by atoms with Gasteiger partial charge in [0, 0.05) is 24.1 Å². The summed E-state index contributed by atoms with van der Waals surface area (Å²) in [6.45, 7) is 8.22. The highest BCUT2D eigenvalue weighted by Gasteiger charge is 2.33. The van der Waals surface area contributed by atoms with E-state index in [1.807, 2.05) is 19.9 Å². The van der Waals surface area contributed by atoms with Crippen LogP contribution in [0.2, 0.25) is 0 Å². The van der Waals surface area contributed by atoms with Gasteiger partial charge in [-0.05, 0) is 55.2 Å². The number of aryl methyl sites for hydroxylation is 1. The quantitative estimate of drug-likeness (QED) is 0.670. The minimum atomic E-state index is -0.710. The summed E-state index contributed by atoms with van der Waals surface area (Å²) in [7, 11) is 1.34. The van der Waals surface area contributed by atoms with Gasteiger partial charge in [0.1, 0.15) is 5.57 Å². The third kappa shape index (κ3) is 3.30. The monoisotopic (exact) mass is 365 g/mol. The average Bonchev–Trinajstić information content (AvgIpc) is 2.90. The largest absolute Gasteiger partial charge is 0.331 e. The molecule has 1 aliphatic heterocycles. The molecule has 0 saturated carbocycles. The van der Waals surface area contributed by atoms with Crippen LogP contribution in [-0.2, 0) is 9.59 Å². The van der Waals surface area contributed by atoms with Gasteiger partial charge in [-0.3, -0.25) is 19.8 Å². The SMILES string of the molecule is Cc1cc(/C=C2/C(=O)NC(=O)N(C)C2=O)c(C)n1-c1ccc(C(C)C)cc1. The number of carbonyl (C=O) groups excluding carboxylic acids is 3. The topological polar surface area (TPSA) is 71.4 Å². The lowest BCUT2D eigenvalue weighted by molar-refractivity contribution is -0.129. The van der Waals surface area contributed by atoms with Crippen molar-refractivity contribution in [3.8, 4) is 5.69 Å². The zero-order chi connectivity index (χ0) is 19.9. The van der Waals surface area contributed by atoms with Gasteiger partial charge in [0.15, 0.2) is 0 Å². The van der Waals surface area contributed by atoms with Gasteiger partial charge in [0.25, 0.3) is 11.8 Å². The Hall–Kier alpha value is -3.15. The van der Waals surface area contributed by atoms with E-state index in [-0.39, 0.29) is 5.57 Å². The van der Waals surface area contributed by atoms with Crippen LogP contribution in [0.5, 0.6) is 0 Å². The minimum Gasteiger partial charge on any atom is -0.318 e. The fourth-order valence-electron chi connectivity index (χ4n) is 3.24. The van der Waals surface area contributed by atoms with Gasteiger partial charge in [0.05, 0.1) is 0 Å². The Kier molecular flexibility index (Phi) is 4.74. The van der Waals surface area contributed by atoms with Crippen LogP contribution in [0.1, 0.15) is 42.3 Å². The summed E-state index contributed by atoms with van der Waals surface area (Å²) in [4.78, 5) is 36.8. The molecule has 0 aliphatic carbocycles. The number of nitrogens with one attached hydrogen (secondary N) is 1.